The van der Waals surface area contributed by atoms with Gasteiger partial charge in [0.2, 0.25) is 0 Å². The van der Waals surface area contributed by atoms with Crippen LogP contribution in [0.5, 0.6) is 0 Å². The zero-order valence-corrected chi connectivity index (χ0v) is 6.47. The highest BCUT2D eigenvalue weighted by atomic mass is 16.1. The molecule has 0 aromatic rings. The number of carbonyl (C=O) groups excluding carboxylic acids is 1. The second-order valence-electron chi connectivity index (χ2n) is 2.73. The van der Waals surface area contributed by atoms with Gasteiger partial charge in [-0.05, 0) is 31.3 Å². The number of allylic oxidation sites excluding steroid dienone is 2. The molecule has 0 fully saturated rings. The SMILES string of the molecule is N#CCC(=O)C1=CCCCC1. The molecule has 0 spiro atoms. The Labute approximate surface area is 66.5 Å². The minimum Gasteiger partial charge on any atom is -0.293 e. The van der Waals surface area contributed by atoms with E-state index in [0.717, 1.165) is 24.8 Å². The molecular weight excluding hydrogens is 138 g/mol. The molecule has 0 radical (unpaired) electrons. The highest BCUT2D eigenvalue weighted by Crippen LogP contribution is 2.18. The van der Waals surface area contributed by atoms with E-state index in [1.165, 1.54) is 6.42 Å². The second kappa shape index (κ2) is 3.92. The van der Waals surface area contributed by atoms with Gasteiger partial charge in [0, 0.05) is 0 Å². The fraction of sp³-hybridized carbons (Fsp3) is 0.556. The van der Waals surface area contributed by atoms with Crippen molar-refractivity contribution in [2.45, 2.75) is 32.1 Å². The summed E-state index contributed by atoms with van der Waals surface area (Å²) in [5.74, 6) is 0.0206. The minimum atomic E-state index is 0.0206. The molecule has 2 heteroatoms. The summed E-state index contributed by atoms with van der Waals surface area (Å²) in [6, 6.07) is 1.87. The molecule has 1 aliphatic rings. The lowest BCUT2D eigenvalue weighted by Gasteiger charge is -2.08. The Kier molecular flexibility index (Phi) is 2.85. The van der Waals surface area contributed by atoms with Crippen LogP contribution in [0.15, 0.2) is 11.6 Å². The Morgan fingerprint density at radius 2 is 2.45 bits per heavy atom. The molecule has 11 heavy (non-hydrogen) atoms. The predicted octanol–water partition coefficient (Wildman–Crippen LogP) is 1.97. The number of nitriles is 1. The molecule has 0 saturated carbocycles. The number of Topliss-reactive ketones (excluding diaryl/α,β-unsaturated/α-hetero) is 1. The summed E-state index contributed by atoms with van der Waals surface area (Å²) in [4.78, 5) is 11.1. The molecule has 0 saturated heterocycles. The lowest BCUT2D eigenvalue weighted by molar-refractivity contribution is -0.114. The number of hydrogen-bond acceptors (Lipinski definition) is 2. The van der Waals surface area contributed by atoms with Gasteiger partial charge < -0.3 is 0 Å². The normalized spacial score (nSPS) is 16.8. The van der Waals surface area contributed by atoms with Gasteiger partial charge in [-0.15, -0.1) is 0 Å². The van der Waals surface area contributed by atoms with E-state index in [9.17, 15) is 4.79 Å². The quantitative estimate of drug-likeness (QED) is 0.602. The van der Waals surface area contributed by atoms with Gasteiger partial charge in [0.1, 0.15) is 0 Å². The first-order valence-corrected chi connectivity index (χ1v) is 3.94. The van der Waals surface area contributed by atoms with Crippen molar-refractivity contribution in [1.29, 1.82) is 5.26 Å². The van der Waals surface area contributed by atoms with E-state index in [1.807, 2.05) is 12.1 Å². The van der Waals surface area contributed by atoms with Gasteiger partial charge in [0.15, 0.2) is 5.78 Å². The average Bonchev–Trinajstić information content (AvgIpc) is 2.07. The Hall–Kier alpha value is -1.10. The Morgan fingerprint density at radius 3 is 3.00 bits per heavy atom. The molecule has 0 heterocycles. The Balaban J connectivity index is 2.53. The van der Waals surface area contributed by atoms with Crippen LogP contribution in [0.25, 0.3) is 0 Å². The summed E-state index contributed by atoms with van der Waals surface area (Å²) in [5.41, 5.74) is 0.873. The van der Waals surface area contributed by atoms with Crippen LogP contribution < -0.4 is 0 Å². The van der Waals surface area contributed by atoms with E-state index in [2.05, 4.69) is 0 Å². The van der Waals surface area contributed by atoms with Crippen LogP contribution in [0.4, 0.5) is 0 Å². The van der Waals surface area contributed by atoms with Gasteiger partial charge >= 0.3 is 0 Å². The topological polar surface area (TPSA) is 40.9 Å². The average molecular weight is 149 g/mol. The van der Waals surface area contributed by atoms with Gasteiger partial charge in [-0.1, -0.05) is 6.08 Å². The van der Waals surface area contributed by atoms with Crippen LogP contribution in [0.2, 0.25) is 0 Å². The van der Waals surface area contributed by atoms with Crippen molar-refractivity contribution < 1.29 is 4.79 Å². The summed E-state index contributed by atoms with van der Waals surface area (Å²) in [6.45, 7) is 0. The highest BCUT2D eigenvalue weighted by Gasteiger charge is 2.10. The van der Waals surface area contributed by atoms with Crippen molar-refractivity contribution >= 4 is 5.78 Å². The number of rotatable bonds is 2. The first-order valence-electron chi connectivity index (χ1n) is 3.94. The molecule has 0 aromatic carbocycles. The lowest BCUT2D eigenvalue weighted by Crippen LogP contribution is -2.04. The third-order valence-electron chi connectivity index (χ3n) is 1.89. The number of hydrogen-bond donors (Lipinski definition) is 0. The number of carbonyl (C=O) groups is 1. The van der Waals surface area contributed by atoms with Crippen molar-refractivity contribution in [1.82, 2.24) is 0 Å². The van der Waals surface area contributed by atoms with Crippen LogP contribution >= 0.6 is 0 Å². The molecule has 58 valence electrons. The van der Waals surface area contributed by atoms with E-state index in [-0.39, 0.29) is 12.2 Å². The van der Waals surface area contributed by atoms with E-state index < -0.39 is 0 Å². The van der Waals surface area contributed by atoms with Crippen LogP contribution in [0, 0.1) is 11.3 Å². The zero-order valence-electron chi connectivity index (χ0n) is 6.47. The van der Waals surface area contributed by atoms with Gasteiger partial charge in [0.05, 0.1) is 12.5 Å². The predicted molar refractivity (Wildman–Crippen MR) is 41.8 cm³/mol. The molecule has 0 aliphatic heterocycles. The first-order chi connectivity index (χ1) is 5.34. The summed E-state index contributed by atoms with van der Waals surface area (Å²) in [6.07, 6.45) is 6.19. The molecule has 0 bridgehead atoms. The smallest absolute Gasteiger partial charge is 0.172 e. The van der Waals surface area contributed by atoms with Crippen molar-refractivity contribution in [3.63, 3.8) is 0 Å². The third kappa shape index (κ3) is 2.19. The molecule has 1 aliphatic carbocycles. The Bertz CT molecular complexity index is 222. The second-order valence-corrected chi connectivity index (χ2v) is 2.73. The van der Waals surface area contributed by atoms with Gasteiger partial charge in [-0.3, -0.25) is 4.79 Å². The van der Waals surface area contributed by atoms with E-state index in [0.29, 0.717) is 0 Å². The highest BCUT2D eigenvalue weighted by molar-refractivity contribution is 5.96. The third-order valence-corrected chi connectivity index (χ3v) is 1.89. The van der Waals surface area contributed by atoms with Crippen molar-refractivity contribution in [3.8, 4) is 6.07 Å². The molecule has 0 unspecified atom stereocenters. The summed E-state index contributed by atoms with van der Waals surface area (Å²) >= 11 is 0. The molecule has 0 atom stereocenters. The van der Waals surface area contributed by atoms with E-state index in [1.54, 1.807) is 0 Å². The van der Waals surface area contributed by atoms with Crippen LogP contribution in [0.1, 0.15) is 32.1 Å². The molecule has 0 amide bonds. The maximum absolute atomic E-state index is 11.1. The fourth-order valence-electron chi connectivity index (χ4n) is 1.28. The van der Waals surface area contributed by atoms with Gasteiger partial charge in [-0.25, -0.2) is 0 Å². The van der Waals surface area contributed by atoms with Crippen LogP contribution in [0.3, 0.4) is 0 Å². The lowest BCUT2D eigenvalue weighted by atomic mass is 9.95. The molecule has 1 rings (SSSR count). The Morgan fingerprint density at radius 1 is 1.64 bits per heavy atom. The van der Waals surface area contributed by atoms with Gasteiger partial charge in [-0.2, -0.15) is 5.26 Å². The fourth-order valence-corrected chi connectivity index (χ4v) is 1.28. The molecule has 0 aromatic heterocycles. The number of nitrogens with zero attached hydrogens (tertiary/aromatic N) is 1. The van der Waals surface area contributed by atoms with Crippen molar-refractivity contribution in [2.75, 3.05) is 0 Å². The zero-order chi connectivity index (χ0) is 8.10. The maximum atomic E-state index is 11.1. The monoisotopic (exact) mass is 149 g/mol. The standard InChI is InChI=1S/C9H11NO/c10-7-6-9(11)8-4-2-1-3-5-8/h4H,1-3,5-6H2. The van der Waals surface area contributed by atoms with Crippen molar-refractivity contribution in [3.05, 3.63) is 11.6 Å². The molecule has 2 nitrogen and oxygen atoms in total. The van der Waals surface area contributed by atoms with E-state index >= 15 is 0 Å². The minimum absolute atomic E-state index is 0.0206. The van der Waals surface area contributed by atoms with E-state index in [4.69, 9.17) is 5.26 Å². The van der Waals surface area contributed by atoms with Crippen molar-refractivity contribution in [2.24, 2.45) is 0 Å². The van der Waals surface area contributed by atoms with Crippen LogP contribution in [-0.4, -0.2) is 5.78 Å². The molecule has 0 N–H and O–H groups in total. The van der Waals surface area contributed by atoms with Crippen LogP contribution in [-0.2, 0) is 4.79 Å². The largest absolute Gasteiger partial charge is 0.293 e. The summed E-state index contributed by atoms with van der Waals surface area (Å²) in [5, 5.41) is 8.27. The summed E-state index contributed by atoms with van der Waals surface area (Å²) in [7, 11) is 0. The first kappa shape index (κ1) is 8.00. The summed E-state index contributed by atoms with van der Waals surface area (Å²) < 4.78 is 0. The number of ketones is 1. The maximum Gasteiger partial charge on any atom is 0.172 e. The molecular formula is C9H11NO. The van der Waals surface area contributed by atoms with Gasteiger partial charge in [0.25, 0.3) is 0 Å².